The molecule has 0 radical (unpaired) electrons. The molecule has 3 N–H and O–H groups in total. The Morgan fingerprint density at radius 3 is 2.28 bits per heavy atom. The maximum atomic E-state index is 13.2. The maximum Gasteiger partial charge on any atom is 0.262 e. The van der Waals surface area contributed by atoms with Crippen molar-refractivity contribution in [3.63, 3.8) is 0 Å². The van der Waals surface area contributed by atoms with Gasteiger partial charge < -0.3 is 29.4 Å². The number of piperidine rings is 1. The molecule has 5 heterocycles. The van der Waals surface area contributed by atoms with Gasteiger partial charge in [-0.1, -0.05) is 36.4 Å². The number of nitrogens with zero attached hydrogens (tertiary/aromatic N) is 5. The number of aromatic nitrogens is 2. The summed E-state index contributed by atoms with van der Waals surface area (Å²) in [5, 5.41) is 16.3. The average molecular weight is 926 g/mol. The molecule has 0 bridgehead atoms. The number of carbonyl (C=O) groups is 6. The number of likely N-dealkylation sites (tertiary alicyclic amines) is 1. The van der Waals surface area contributed by atoms with Crippen molar-refractivity contribution in [1.29, 1.82) is 0 Å². The minimum absolute atomic E-state index is 0.0722. The first-order valence-electron chi connectivity index (χ1n) is 23.6. The van der Waals surface area contributed by atoms with Crippen LogP contribution in [0.5, 0.6) is 0 Å². The number of amides is 4. The number of nitrogens with one attached hydrogen (secondary N) is 2. The van der Waals surface area contributed by atoms with Crippen LogP contribution in [-0.4, -0.2) is 169 Å². The number of hydrogen-bond donors (Lipinski definition) is 3. The summed E-state index contributed by atoms with van der Waals surface area (Å²) in [4.78, 5) is 89.5. The first-order chi connectivity index (χ1) is 32.6. The van der Waals surface area contributed by atoms with E-state index in [0.717, 1.165) is 50.5 Å². The summed E-state index contributed by atoms with van der Waals surface area (Å²) in [7, 11) is 0. The Hall–Kier alpha value is -5.34. The van der Waals surface area contributed by atoms with Gasteiger partial charge in [-0.2, -0.15) is 0 Å². The van der Waals surface area contributed by atoms with Gasteiger partial charge in [0.05, 0.1) is 69.5 Å². The molecule has 4 aliphatic rings. The Bertz CT molecular complexity index is 2200. The van der Waals surface area contributed by atoms with Gasteiger partial charge in [0.15, 0.2) is 5.78 Å². The molecule has 67 heavy (non-hydrogen) atoms. The summed E-state index contributed by atoms with van der Waals surface area (Å²) in [6, 6.07) is 14.4. The highest BCUT2D eigenvalue weighted by Gasteiger charge is 2.45. The maximum absolute atomic E-state index is 13.2. The number of rotatable bonds is 29. The Labute approximate surface area is 391 Å². The van der Waals surface area contributed by atoms with Crippen molar-refractivity contribution in [1.82, 2.24) is 30.0 Å². The lowest BCUT2D eigenvalue weighted by molar-refractivity contribution is -0.136. The molecule has 4 aliphatic heterocycles. The van der Waals surface area contributed by atoms with Crippen LogP contribution in [0.4, 0.5) is 5.82 Å². The number of aliphatic hydroxyl groups excluding tert-OH is 1. The van der Waals surface area contributed by atoms with Crippen LogP contribution in [0.25, 0.3) is 0 Å². The van der Waals surface area contributed by atoms with E-state index >= 15 is 0 Å². The molecular formula is C49H63N7O11. The highest BCUT2D eigenvalue weighted by Crippen LogP contribution is 2.30. The number of anilines is 1. The van der Waals surface area contributed by atoms with E-state index in [1.807, 2.05) is 6.07 Å². The van der Waals surface area contributed by atoms with E-state index in [-0.39, 0.29) is 42.4 Å². The van der Waals surface area contributed by atoms with Crippen LogP contribution in [0, 0.1) is 0 Å². The minimum atomic E-state index is -0.995. The number of aryl methyl sites for hydroxylation is 1. The molecule has 0 spiro atoms. The zero-order valence-corrected chi connectivity index (χ0v) is 38.2. The molecule has 2 atom stereocenters. The number of imide groups is 2. The molecule has 4 amide bonds. The number of ether oxygens (including phenoxy) is 4. The van der Waals surface area contributed by atoms with Gasteiger partial charge in [-0.05, 0) is 67.8 Å². The Morgan fingerprint density at radius 1 is 0.791 bits per heavy atom. The fraction of sp³-hybridized carbons (Fsp3) is 0.551. The molecule has 18 heteroatoms. The largest absolute Gasteiger partial charge is 0.392 e. The van der Waals surface area contributed by atoms with Gasteiger partial charge in [0.2, 0.25) is 11.8 Å². The number of β-amino-alcohol motifs (C(OH)–C–C–N with tert-alkyl or cyclic N) is 1. The molecule has 2 fully saturated rings. The monoisotopic (exact) mass is 925 g/mol. The van der Waals surface area contributed by atoms with Crippen LogP contribution in [0.1, 0.15) is 99.3 Å². The number of ketones is 2. The van der Waals surface area contributed by atoms with Gasteiger partial charge >= 0.3 is 0 Å². The summed E-state index contributed by atoms with van der Waals surface area (Å²) in [5.74, 6) is -1.40. The third kappa shape index (κ3) is 14.3. The fourth-order valence-corrected chi connectivity index (χ4v) is 8.90. The van der Waals surface area contributed by atoms with Crippen molar-refractivity contribution in [3.05, 3.63) is 88.4 Å². The van der Waals surface area contributed by atoms with Crippen LogP contribution < -0.4 is 10.6 Å². The quantitative estimate of drug-likeness (QED) is 0.0518. The first kappa shape index (κ1) is 49.6. The average Bonchev–Trinajstić information content (AvgIpc) is 3.57. The van der Waals surface area contributed by atoms with E-state index < -0.39 is 35.8 Å². The molecule has 0 saturated carbocycles. The number of carbonyl (C=O) groups excluding carboxylic acids is 6. The van der Waals surface area contributed by atoms with Gasteiger partial charge in [0.1, 0.15) is 29.7 Å². The van der Waals surface area contributed by atoms with Gasteiger partial charge in [0, 0.05) is 71.1 Å². The summed E-state index contributed by atoms with van der Waals surface area (Å²) in [6.07, 6.45) is 5.34. The van der Waals surface area contributed by atoms with E-state index in [1.165, 1.54) is 17.5 Å². The highest BCUT2D eigenvalue weighted by atomic mass is 16.6. The predicted molar refractivity (Wildman–Crippen MR) is 244 cm³/mol. The summed E-state index contributed by atoms with van der Waals surface area (Å²) < 4.78 is 22.4. The van der Waals surface area contributed by atoms with Crippen molar-refractivity contribution in [2.45, 2.75) is 88.9 Å². The fourth-order valence-electron chi connectivity index (χ4n) is 8.90. The molecule has 1 unspecified atom stereocenters. The third-order valence-corrected chi connectivity index (χ3v) is 12.5. The second-order valence-electron chi connectivity index (χ2n) is 17.5. The van der Waals surface area contributed by atoms with Crippen LogP contribution in [0.2, 0.25) is 0 Å². The highest BCUT2D eigenvalue weighted by molar-refractivity contribution is 6.24. The molecule has 18 nitrogen and oxygen atoms in total. The Morgan fingerprint density at radius 2 is 1.52 bits per heavy atom. The lowest BCUT2D eigenvalue weighted by atomic mass is 9.99. The molecule has 7 rings (SSSR count). The SMILES string of the molecule is O=C(CCCN1CC(Nc2cc(C(=O)CC[C@H](O)CN3CCc4ccccc4C3)ncn2)C1)CCOCCOCCOCCOCCCc1cccc2c1C(=O)N(C1CCC(=O)NC1=O)C2=O. The second-order valence-corrected chi connectivity index (χ2v) is 17.5. The van der Waals surface area contributed by atoms with E-state index in [1.54, 1.807) is 24.3 Å². The third-order valence-electron chi connectivity index (χ3n) is 12.5. The van der Waals surface area contributed by atoms with Crippen molar-refractivity contribution in [2.75, 3.05) is 90.9 Å². The van der Waals surface area contributed by atoms with E-state index in [9.17, 15) is 33.9 Å². The first-order valence-corrected chi connectivity index (χ1v) is 23.6. The number of hydrogen-bond acceptors (Lipinski definition) is 16. The van der Waals surface area contributed by atoms with Gasteiger partial charge in [-0.3, -0.25) is 48.8 Å². The molecular weight excluding hydrogens is 863 g/mol. The smallest absolute Gasteiger partial charge is 0.262 e. The Balaban J connectivity index is 0.637. The van der Waals surface area contributed by atoms with Gasteiger partial charge in [-0.15, -0.1) is 0 Å². The normalized spacial score (nSPS) is 18.1. The van der Waals surface area contributed by atoms with Crippen LogP contribution in [0.3, 0.4) is 0 Å². The van der Waals surface area contributed by atoms with Crippen molar-refractivity contribution < 1.29 is 52.8 Å². The Kier molecular flexibility index (Phi) is 18.6. The zero-order valence-electron chi connectivity index (χ0n) is 38.2. The molecule has 2 aromatic carbocycles. The molecule has 360 valence electrons. The van der Waals surface area contributed by atoms with E-state index in [2.05, 4.69) is 48.6 Å². The van der Waals surface area contributed by atoms with Gasteiger partial charge in [0.25, 0.3) is 11.8 Å². The molecule has 1 aromatic heterocycles. The number of benzene rings is 2. The summed E-state index contributed by atoms with van der Waals surface area (Å²) >= 11 is 0. The summed E-state index contributed by atoms with van der Waals surface area (Å²) in [5.41, 5.74) is 4.31. The van der Waals surface area contributed by atoms with Crippen LogP contribution >= 0.6 is 0 Å². The number of aliphatic hydroxyl groups is 1. The van der Waals surface area contributed by atoms with Crippen LogP contribution in [0.15, 0.2) is 54.9 Å². The van der Waals surface area contributed by atoms with E-state index in [0.29, 0.717) is 114 Å². The van der Waals surface area contributed by atoms with E-state index in [4.69, 9.17) is 18.9 Å². The second kappa shape index (κ2) is 25.1. The minimum Gasteiger partial charge on any atom is -0.392 e. The van der Waals surface area contributed by atoms with Crippen LogP contribution in [-0.2, 0) is 52.7 Å². The number of fused-ring (bicyclic) bond motifs is 2. The van der Waals surface area contributed by atoms with Crippen molar-refractivity contribution in [3.8, 4) is 0 Å². The lowest BCUT2D eigenvalue weighted by Gasteiger charge is -2.39. The molecule has 3 aromatic rings. The molecule has 0 aliphatic carbocycles. The predicted octanol–water partition coefficient (Wildman–Crippen LogP) is 2.79. The topological polar surface area (TPSA) is 219 Å². The molecule has 2 saturated heterocycles. The van der Waals surface area contributed by atoms with Crippen molar-refractivity contribution >= 4 is 41.0 Å². The number of Topliss-reactive ketones (excluding diaryl/α,β-unsaturated/α-hetero) is 2. The summed E-state index contributed by atoms with van der Waals surface area (Å²) in [6.45, 7) is 7.87. The van der Waals surface area contributed by atoms with Gasteiger partial charge in [-0.25, -0.2) is 9.97 Å². The standard InChI is InChI=1S/C49H63N7O11/c57-38(10-4-18-54-30-37(31-54)52-44-28-41(50-33-51-44)43(59)14-12-39(58)32-55-19-16-34-6-1-2-7-36(34)29-55)17-21-65-23-25-67-27-26-66-24-22-64-20-5-9-35-8-3-11-40-46(35)49(63)56(48(40)62)42-13-15-45(60)53-47(42)61/h1-3,6-8,11,28,33,37,39,42,58H,4-5,9-10,12-27,29-32H2,(H,50,51,52)(H,53,60,61)/t39-,42?/m0/s1. The zero-order chi connectivity index (χ0) is 47.0. The van der Waals surface area contributed by atoms with Crippen molar-refractivity contribution in [2.24, 2.45) is 0 Å². The lowest BCUT2D eigenvalue weighted by Crippen LogP contribution is -2.54.